The third kappa shape index (κ3) is 4.87. The number of nitrogens with one attached hydrogen (secondary N) is 1. The van der Waals surface area contributed by atoms with E-state index in [2.05, 4.69) is 14.9 Å². The number of aryl methyl sites for hydroxylation is 1. The Labute approximate surface area is 146 Å². The molecular formula is C18H24N4O3. The first-order valence-corrected chi connectivity index (χ1v) is 8.65. The van der Waals surface area contributed by atoms with Gasteiger partial charge in [0, 0.05) is 56.9 Å². The number of rotatable bonds is 7. The predicted octanol–water partition coefficient (Wildman–Crippen LogP) is 0.921. The number of hydrogen-bond donors (Lipinski definition) is 1. The minimum Gasteiger partial charge on any atom is -0.377 e. The minimum atomic E-state index is -0.356. The van der Waals surface area contributed by atoms with E-state index < -0.39 is 0 Å². The van der Waals surface area contributed by atoms with Gasteiger partial charge in [-0.25, -0.2) is 4.79 Å². The molecule has 0 aromatic carbocycles. The van der Waals surface area contributed by atoms with Crippen LogP contribution >= 0.6 is 0 Å². The summed E-state index contributed by atoms with van der Waals surface area (Å²) in [5.74, 6) is 0. The van der Waals surface area contributed by atoms with Crippen LogP contribution in [0.15, 0.2) is 40.2 Å². The Hall–Kier alpha value is -2.25. The second-order valence-corrected chi connectivity index (χ2v) is 6.47. The van der Waals surface area contributed by atoms with Crippen molar-refractivity contribution in [1.82, 2.24) is 19.4 Å². The maximum atomic E-state index is 12.1. The molecule has 1 atom stereocenters. The predicted molar refractivity (Wildman–Crippen MR) is 94.5 cm³/mol. The summed E-state index contributed by atoms with van der Waals surface area (Å²) in [6.07, 6.45) is 5.90. The first-order chi connectivity index (χ1) is 12.1. The van der Waals surface area contributed by atoms with Crippen molar-refractivity contribution in [1.29, 1.82) is 0 Å². The average Bonchev–Trinajstić information content (AvgIpc) is 3.07. The summed E-state index contributed by atoms with van der Waals surface area (Å²) in [5.41, 5.74) is 1.12. The molecular weight excluding hydrogens is 320 g/mol. The molecule has 1 fully saturated rings. The van der Waals surface area contributed by atoms with Gasteiger partial charge in [-0.05, 0) is 37.5 Å². The zero-order chi connectivity index (χ0) is 17.6. The second kappa shape index (κ2) is 8.22. The molecule has 0 bridgehead atoms. The van der Waals surface area contributed by atoms with Crippen LogP contribution < -0.4 is 11.2 Å². The third-order valence-electron chi connectivity index (χ3n) is 4.44. The van der Waals surface area contributed by atoms with E-state index in [1.165, 1.54) is 10.6 Å². The Morgan fingerprint density at radius 3 is 2.84 bits per heavy atom. The Morgan fingerprint density at radius 2 is 2.16 bits per heavy atom. The van der Waals surface area contributed by atoms with Crippen molar-refractivity contribution in [2.24, 2.45) is 0 Å². The number of hydrogen-bond acceptors (Lipinski definition) is 5. The maximum absolute atomic E-state index is 12.1. The number of ether oxygens (including phenoxy) is 1. The second-order valence-electron chi connectivity index (χ2n) is 6.47. The van der Waals surface area contributed by atoms with Crippen molar-refractivity contribution < 1.29 is 4.74 Å². The SMILES string of the molecule is Cc1cc(=O)n(CCN(Cc2ccncc2)CC2CCCO2)c(=O)[nH]1. The van der Waals surface area contributed by atoms with Gasteiger partial charge in [-0.2, -0.15) is 0 Å². The number of H-pyrrole nitrogens is 1. The standard InChI is InChI=1S/C18H24N4O3/c1-14-11-17(23)22(18(24)20-14)9-8-21(13-16-3-2-10-25-16)12-15-4-6-19-7-5-15/h4-7,11,16H,2-3,8-10,12-13H2,1H3,(H,20,24). The highest BCUT2D eigenvalue weighted by molar-refractivity contribution is 5.09. The lowest BCUT2D eigenvalue weighted by molar-refractivity contribution is 0.0691. The molecule has 1 N–H and O–H groups in total. The van der Waals surface area contributed by atoms with Gasteiger partial charge in [-0.15, -0.1) is 0 Å². The summed E-state index contributed by atoms with van der Waals surface area (Å²) in [6.45, 7) is 5.01. The van der Waals surface area contributed by atoms with Gasteiger partial charge >= 0.3 is 5.69 Å². The van der Waals surface area contributed by atoms with E-state index in [9.17, 15) is 9.59 Å². The smallest absolute Gasteiger partial charge is 0.328 e. The molecule has 1 saturated heterocycles. The molecule has 0 aliphatic carbocycles. The van der Waals surface area contributed by atoms with Crippen LogP contribution in [0.1, 0.15) is 24.1 Å². The first-order valence-electron chi connectivity index (χ1n) is 8.65. The molecule has 0 radical (unpaired) electrons. The lowest BCUT2D eigenvalue weighted by Gasteiger charge is -2.25. The molecule has 134 valence electrons. The summed E-state index contributed by atoms with van der Waals surface area (Å²) < 4.78 is 7.00. The fourth-order valence-electron chi connectivity index (χ4n) is 3.15. The van der Waals surface area contributed by atoms with Crippen LogP contribution in [0.3, 0.4) is 0 Å². The lowest BCUT2D eigenvalue weighted by Crippen LogP contribution is -2.40. The molecule has 7 heteroatoms. The van der Waals surface area contributed by atoms with Crippen LogP contribution in [0, 0.1) is 6.92 Å². The molecule has 0 saturated carbocycles. The summed E-state index contributed by atoms with van der Waals surface area (Å²) in [5, 5.41) is 0. The fraction of sp³-hybridized carbons (Fsp3) is 0.500. The van der Waals surface area contributed by atoms with Gasteiger partial charge in [0.1, 0.15) is 0 Å². The van der Waals surface area contributed by atoms with E-state index >= 15 is 0 Å². The first kappa shape index (κ1) is 17.6. The van der Waals surface area contributed by atoms with E-state index in [1.807, 2.05) is 12.1 Å². The summed E-state index contributed by atoms with van der Waals surface area (Å²) >= 11 is 0. The maximum Gasteiger partial charge on any atom is 0.328 e. The van der Waals surface area contributed by atoms with Crippen LogP contribution in [0.25, 0.3) is 0 Å². The molecule has 2 aromatic heterocycles. The van der Waals surface area contributed by atoms with Crippen molar-refractivity contribution in [3.63, 3.8) is 0 Å². The monoisotopic (exact) mass is 344 g/mol. The van der Waals surface area contributed by atoms with Gasteiger partial charge in [-0.1, -0.05) is 0 Å². The summed E-state index contributed by atoms with van der Waals surface area (Å²) in [7, 11) is 0. The number of pyridine rings is 1. The van der Waals surface area contributed by atoms with Crippen LogP contribution in [0.2, 0.25) is 0 Å². The van der Waals surface area contributed by atoms with Crippen molar-refractivity contribution in [2.45, 2.75) is 39.0 Å². The quantitative estimate of drug-likeness (QED) is 0.808. The van der Waals surface area contributed by atoms with Crippen LogP contribution in [0.5, 0.6) is 0 Å². The highest BCUT2D eigenvalue weighted by Crippen LogP contribution is 2.15. The normalized spacial score (nSPS) is 17.3. The van der Waals surface area contributed by atoms with E-state index in [1.54, 1.807) is 19.3 Å². The van der Waals surface area contributed by atoms with Crippen molar-refractivity contribution in [2.75, 3.05) is 19.7 Å². The van der Waals surface area contributed by atoms with E-state index in [0.29, 0.717) is 18.8 Å². The van der Waals surface area contributed by atoms with Gasteiger partial charge in [0.05, 0.1) is 6.10 Å². The Kier molecular flexibility index (Phi) is 5.78. The van der Waals surface area contributed by atoms with Crippen molar-refractivity contribution in [3.8, 4) is 0 Å². The third-order valence-corrected chi connectivity index (χ3v) is 4.44. The summed E-state index contributed by atoms with van der Waals surface area (Å²) in [6, 6.07) is 5.41. The molecule has 1 aliphatic heterocycles. The Bertz CT molecular complexity index is 763. The molecule has 3 heterocycles. The van der Waals surface area contributed by atoms with Gasteiger partial charge in [0.25, 0.3) is 5.56 Å². The molecule has 2 aromatic rings. The molecule has 25 heavy (non-hydrogen) atoms. The largest absolute Gasteiger partial charge is 0.377 e. The number of aromatic amines is 1. The van der Waals surface area contributed by atoms with E-state index in [4.69, 9.17) is 4.74 Å². The molecule has 3 rings (SSSR count). The van der Waals surface area contributed by atoms with Gasteiger partial charge in [-0.3, -0.25) is 19.2 Å². The lowest BCUT2D eigenvalue weighted by atomic mass is 10.2. The molecule has 7 nitrogen and oxygen atoms in total. The molecule has 1 aliphatic rings. The fourth-order valence-corrected chi connectivity index (χ4v) is 3.15. The Balaban J connectivity index is 1.70. The van der Waals surface area contributed by atoms with Crippen LogP contribution in [0.4, 0.5) is 0 Å². The minimum absolute atomic E-state index is 0.217. The molecule has 0 spiro atoms. The van der Waals surface area contributed by atoms with Crippen molar-refractivity contribution >= 4 is 0 Å². The molecule has 1 unspecified atom stereocenters. The van der Waals surface area contributed by atoms with Gasteiger partial charge < -0.3 is 9.72 Å². The average molecular weight is 344 g/mol. The number of aromatic nitrogens is 3. The number of nitrogens with zero attached hydrogens (tertiary/aromatic N) is 3. The zero-order valence-corrected chi connectivity index (χ0v) is 14.5. The van der Waals surface area contributed by atoms with Crippen LogP contribution in [-0.2, 0) is 17.8 Å². The zero-order valence-electron chi connectivity index (χ0n) is 14.5. The molecule has 0 amide bonds. The Morgan fingerprint density at radius 1 is 1.36 bits per heavy atom. The highest BCUT2D eigenvalue weighted by Gasteiger charge is 2.19. The van der Waals surface area contributed by atoms with E-state index in [0.717, 1.165) is 38.1 Å². The summed E-state index contributed by atoms with van der Waals surface area (Å²) in [4.78, 5) is 33.1. The van der Waals surface area contributed by atoms with Crippen molar-refractivity contribution in [3.05, 3.63) is 62.7 Å². The van der Waals surface area contributed by atoms with Gasteiger partial charge in [0.15, 0.2) is 0 Å². The van der Waals surface area contributed by atoms with Gasteiger partial charge in [0.2, 0.25) is 0 Å². The van der Waals surface area contributed by atoms with E-state index in [-0.39, 0.29) is 17.4 Å². The van der Waals surface area contributed by atoms with Crippen LogP contribution in [-0.4, -0.2) is 45.2 Å². The topological polar surface area (TPSA) is 80.2 Å². The highest BCUT2D eigenvalue weighted by atomic mass is 16.5.